The molecule has 1 N–H and O–H groups in total. The maximum Gasteiger partial charge on any atom is 0.0642 e. The molecule has 4 heteroatoms. The summed E-state index contributed by atoms with van der Waals surface area (Å²) in [5.41, 5.74) is 2.53. The van der Waals surface area contributed by atoms with Crippen LogP contribution in [0.4, 0.5) is 11.4 Å². The van der Waals surface area contributed by atoms with E-state index in [2.05, 4.69) is 54.4 Å². The van der Waals surface area contributed by atoms with Crippen LogP contribution in [0.5, 0.6) is 0 Å². The lowest BCUT2D eigenvalue weighted by molar-refractivity contribution is 0.122. The van der Waals surface area contributed by atoms with E-state index in [4.69, 9.17) is 10.00 Å². The Labute approximate surface area is 127 Å². The molecular formula is C17H25N3O. The van der Waals surface area contributed by atoms with E-state index in [1.807, 2.05) is 0 Å². The van der Waals surface area contributed by atoms with Crippen molar-refractivity contribution in [2.24, 2.45) is 5.41 Å². The van der Waals surface area contributed by atoms with Crippen LogP contribution in [-0.4, -0.2) is 32.8 Å². The molecule has 1 aliphatic heterocycles. The molecule has 1 saturated heterocycles. The highest BCUT2D eigenvalue weighted by molar-refractivity contribution is 5.55. The number of morpholine rings is 1. The van der Waals surface area contributed by atoms with Gasteiger partial charge in [-0.2, -0.15) is 5.26 Å². The predicted molar refractivity (Wildman–Crippen MR) is 86.6 cm³/mol. The maximum absolute atomic E-state index is 8.69. The Morgan fingerprint density at radius 3 is 2.52 bits per heavy atom. The van der Waals surface area contributed by atoms with Crippen LogP contribution in [0.2, 0.25) is 0 Å². The van der Waals surface area contributed by atoms with Crippen LogP contribution < -0.4 is 10.2 Å². The zero-order valence-corrected chi connectivity index (χ0v) is 13.1. The predicted octanol–water partition coefficient (Wildman–Crippen LogP) is 3.27. The van der Waals surface area contributed by atoms with Gasteiger partial charge in [-0.05, 0) is 36.1 Å². The molecule has 0 spiro atoms. The third kappa shape index (κ3) is 4.95. The SMILES string of the molecule is CC(C)(CCC#N)CNc1ccc(N2CCOCC2)cc1. The molecule has 4 nitrogen and oxygen atoms in total. The van der Waals surface area contributed by atoms with Crippen LogP contribution in [-0.2, 0) is 4.74 Å². The minimum atomic E-state index is 0.138. The van der Waals surface area contributed by atoms with E-state index in [1.165, 1.54) is 5.69 Å². The van der Waals surface area contributed by atoms with Crippen LogP contribution in [0.1, 0.15) is 26.7 Å². The summed E-state index contributed by atoms with van der Waals surface area (Å²) in [6.07, 6.45) is 1.53. The Balaban J connectivity index is 1.86. The average Bonchev–Trinajstić information content (AvgIpc) is 2.53. The number of nitrogens with one attached hydrogen (secondary N) is 1. The van der Waals surface area contributed by atoms with Crippen molar-refractivity contribution in [3.63, 3.8) is 0 Å². The van der Waals surface area contributed by atoms with E-state index in [-0.39, 0.29) is 5.41 Å². The first-order valence-corrected chi connectivity index (χ1v) is 7.64. The van der Waals surface area contributed by atoms with Gasteiger partial charge in [0, 0.05) is 37.4 Å². The summed E-state index contributed by atoms with van der Waals surface area (Å²) in [6, 6.07) is 10.8. The average molecular weight is 287 g/mol. The third-order valence-electron chi connectivity index (χ3n) is 3.93. The van der Waals surface area contributed by atoms with Gasteiger partial charge >= 0.3 is 0 Å². The van der Waals surface area contributed by atoms with E-state index >= 15 is 0 Å². The summed E-state index contributed by atoms with van der Waals surface area (Å²) in [7, 11) is 0. The highest BCUT2D eigenvalue weighted by atomic mass is 16.5. The lowest BCUT2D eigenvalue weighted by Gasteiger charge is -2.29. The van der Waals surface area contributed by atoms with Crippen molar-refractivity contribution >= 4 is 11.4 Å². The molecule has 1 heterocycles. The monoisotopic (exact) mass is 287 g/mol. The lowest BCUT2D eigenvalue weighted by Crippen LogP contribution is -2.36. The molecule has 1 aromatic carbocycles. The van der Waals surface area contributed by atoms with Gasteiger partial charge < -0.3 is 15.0 Å². The Hall–Kier alpha value is -1.73. The van der Waals surface area contributed by atoms with Crippen LogP contribution in [0.25, 0.3) is 0 Å². The quantitative estimate of drug-likeness (QED) is 0.872. The van der Waals surface area contributed by atoms with Gasteiger partial charge in [-0.1, -0.05) is 13.8 Å². The van der Waals surface area contributed by atoms with E-state index in [1.54, 1.807) is 0 Å². The minimum absolute atomic E-state index is 0.138. The van der Waals surface area contributed by atoms with Gasteiger partial charge in [-0.3, -0.25) is 0 Å². The molecule has 21 heavy (non-hydrogen) atoms. The van der Waals surface area contributed by atoms with Crippen molar-refractivity contribution in [3.8, 4) is 6.07 Å². The normalized spacial score (nSPS) is 15.6. The minimum Gasteiger partial charge on any atom is -0.385 e. The molecule has 0 radical (unpaired) electrons. The van der Waals surface area contributed by atoms with Crippen LogP contribution in [0, 0.1) is 16.7 Å². The van der Waals surface area contributed by atoms with Gasteiger partial charge in [0.25, 0.3) is 0 Å². The highest BCUT2D eigenvalue weighted by Crippen LogP contribution is 2.24. The standard InChI is InChI=1S/C17H25N3O/c1-17(2,8-3-9-18)14-19-15-4-6-16(7-5-15)20-10-12-21-13-11-20/h4-7,19H,3,8,10-14H2,1-2H3. The molecule has 0 atom stereocenters. The number of nitriles is 1. The zero-order valence-electron chi connectivity index (χ0n) is 13.1. The highest BCUT2D eigenvalue weighted by Gasteiger charge is 2.17. The number of rotatable bonds is 6. The van der Waals surface area contributed by atoms with E-state index in [9.17, 15) is 0 Å². The van der Waals surface area contributed by atoms with Crippen molar-refractivity contribution in [1.29, 1.82) is 5.26 Å². The molecule has 0 saturated carbocycles. The molecule has 0 amide bonds. The van der Waals surface area contributed by atoms with Gasteiger partial charge in [-0.15, -0.1) is 0 Å². The summed E-state index contributed by atoms with van der Waals surface area (Å²) < 4.78 is 5.38. The largest absolute Gasteiger partial charge is 0.385 e. The van der Waals surface area contributed by atoms with Gasteiger partial charge in [0.15, 0.2) is 0 Å². The molecule has 0 aliphatic carbocycles. The summed E-state index contributed by atoms with van der Waals surface area (Å²) in [6.45, 7) is 8.83. The van der Waals surface area contributed by atoms with Crippen molar-refractivity contribution in [1.82, 2.24) is 0 Å². The maximum atomic E-state index is 8.69. The second-order valence-electron chi connectivity index (χ2n) is 6.32. The summed E-state index contributed by atoms with van der Waals surface area (Å²) in [5, 5.41) is 12.2. The number of hydrogen-bond donors (Lipinski definition) is 1. The fraction of sp³-hybridized carbons (Fsp3) is 0.588. The first-order chi connectivity index (χ1) is 10.1. The van der Waals surface area contributed by atoms with Crippen molar-refractivity contribution in [2.75, 3.05) is 43.1 Å². The van der Waals surface area contributed by atoms with Crippen molar-refractivity contribution in [2.45, 2.75) is 26.7 Å². The fourth-order valence-electron chi connectivity index (χ4n) is 2.44. The molecule has 114 valence electrons. The van der Waals surface area contributed by atoms with E-state index < -0.39 is 0 Å². The van der Waals surface area contributed by atoms with Gasteiger partial charge in [0.05, 0.1) is 19.3 Å². The molecule has 2 rings (SSSR count). The lowest BCUT2D eigenvalue weighted by atomic mass is 9.88. The molecule has 1 aromatic rings. The molecule has 1 aliphatic rings. The number of nitrogens with zero attached hydrogens (tertiary/aromatic N) is 2. The third-order valence-corrected chi connectivity index (χ3v) is 3.93. The zero-order chi connectivity index (χ0) is 15.1. The first-order valence-electron chi connectivity index (χ1n) is 7.64. The molecule has 0 aromatic heterocycles. The van der Waals surface area contributed by atoms with Crippen LogP contribution >= 0.6 is 0 Å². The summed E-state index contributed by atoms with van der Waals surface area (Å²) in [4.78, 5) is 2.35. The Bertz CT molecular complexity index is 470. The number of benzene rings is 1. The molecule has 0 bridgehead atoms. The Morgan fingerprint density at radius 2 is 1.90 bits per heavy atom. The fourth-order valence-corrected chi connectivity index (χ4v) is 2.44. The van der Waals surface area contributed by atoms with Gasteiger partial charge in [-0.25, -0.2) is 0 Å². The number of anilines is 2. The summed E-state index contributed by atoms with van der Waals surface area (Å²) >= 11 is 0. The smallest absolute Gasteiger partial charge is 0.0642 e. The van der Waals surface area contributed by atoms with Crippen LogP contribution in [0.3, 0.4) is 0 Å². The van der Waals surface area contributed by atoms with E-state index in [0.717, 1.165) is 45.0 Å². The Kier molecular flexibility index (Phi) is 5.46. The Morgan fingerprint density at radius 1 is 1.24 bits per heavy atom. The summed E-state index contributed by atoms with van der Waals surface area (Å²) in [5.74, 6) is 0. The molecular weight excluding hydrogens is 262 g/mol. The van der Waals surface area contributed by atoms with Crippen molar-refractivity contribution in [3.05, 3.63) is 24.3 Å². The number of hydrogen-bond acceptors (Lipinski definition) is 4. The topological polar surface area (TPSA) is 48.3 Å². The second-order valence-corrected chi connectivity index (χ2v) is 6.32. The molecule has 0 unspecified atom stereocenters. The number of ether oxygens (including phenoxy) is 1. The van der Waals surface area contributed by atoms with Crippen LogP contribution in [0.15, 0.2) is 24.3 Å². The van der Waals surface area contributed by atoms with Gasteiger partial charge in [0.2, 0.25) is 0 Å². The van der Waals surface area contributed by atoms with Gasteiger partial charge in [0.1, 0.15) is 0 Å². The second kappa shape index (κ2) is 7.33. The molecule has 1 fully saturated rings. The van der Waals surface area contributed by atoms with Crippen molar-refractivity contribution < 1.29 is 4.74 Å². The first kappa shape index (κ1) is 15.7. The van der Waals surface area contributed by atoms with E-state index in [0.29, 0.717) is 6.42 Å².